The van der Waals surface area contributed by atoms with E-state index in [-0.39, 0.29) is 48.3 Å². The Morgan fingerprint density at radius 1 is 0.917 bits per heavy atom. The Labute approximate surface area is 354 Å². The van der Waals surface area contributed by atoms with Crippen LogP contribution in [0.1, 0.15) is 50.2 Å². The molecule has 0 aliphatic carbocycles. The first-order chi connectivity index (χ1) is 29.0. The van der Waals surface area contributed by atoms with E-state index in [1.807, 2.05) is 93.6 Å². The maximum absolute atomic E-state index is 15.6. The highest BCUT2D eigenvalue weighted by molar-refractivity contribution is 6.91. The topological polar surface area (TPSA) is 115 Å². The monoisotopic (exact) mass is 827 g/mol. The fourth-order valence-electron chi connectivity index (χ4n) is 11.4. The van der Waals surface area contributed by atoms with Gasteiger partial charge in [0.25, 0.3) is 11.8 Å². The summed E-state index contributed by atoms with van der Waals surface area (Å²) in [7, 11) is -0.892. The third-order valence-electron chi connectivity index (χ3n) is 14.5. The second-order valence-electron chi connectivity index (χ2n) is 17.9. The fraction of sp³-hybridized carbons (Fsp3) is 0.438. The summed E-state index contributed by atoms with van der Waals surface area (Å²) in [5.74, 6) is 0.296. The first kappa shape index (κ1) is 40.4. The van der Waals surface area contributed by atoms with Gasteiger partial charge in [-0.25, -0.2) is 0 Å². The smallest absolute Gasteiger partial charge is 0.264 e. The molecule has 4 aromatic carbocycles. The second kappa shape index (κ2) is 15.8. The van der Waals surface area contributed by atoms with Crippen LogP contribution in [0, 0.1) is 5.92 Å². The number of methoxy groups -OCH3 is 1. The average Bonchev–Trinajstić information content (AvgIpc) is 4.01. The SMILES string of the molecule is COc1ccc([Si](C)(C)[C@H]2[C@H](CC(=O)N3CCC[C@H]3CO)O[C@@]3(C(=O)N(Cc4ccccc4)c4ccc(N5CN(c6ccccc6)C6(CCNCC6)C5=O)cc43)[C@@H]2C)cc1. The molecule has 0 unspecified atom stereocenters. The molecule has 5 aliphatic rings. The van der Waals surface area contributed by atoms with Crippen LogP contribution in [0.2, 0.25) is 18.6 Å². The van der Waals surface area contributed by atoms with Gasteiger partial charge in [0.05, 0.1) is 59.3 Å². The molecule has 2 spiro atoms. The number of carbonyl (C=O) groups is 3. The molecule has 9 rings (SSSR count). The van der Waals surface area contributed by atoms with Gasteiger partial charge in [0, 0.05) is 29.4 Å². The lowest BCUT2D eigenvalue weighted by Gasteiger charge is -2.39. The lowest BCUT2D eigenvalue weighted by Crippen LogP contribution is -2.55. The number of carbonyl (C=O) groups excluding carboxylic acids is 3. The molecule has 4 fully saturated rings. The molecule has 0 radical (unpaired) electrons. The van der Waals surface area contributed by atoms with E-state index >= 15 is 4.79 Å². The van der Waals surface area contributed by atoms with Gasteiger partial charge in [-0.2, -0.15) is 0 Å². The van der Waals surface area contributed by atoms with Crippen molar-refractivity contribution in [2.24, 2.45) is 5.92 Å². The van der Waals surface area contributed by atoms with Gasteiger partial charge >= 0.3 is 0 Å². The summed E-state index contributed by atoms with van der Waals surface area (Å²) < 4.78 is 13.0. The van der Waals surface area contributed by atoms with Crippen LogP contribution in [-0.4, -0.2) is 93.5 Å². The highest BCUT2D eigenvalue weighted by Crippen LogP contribution is 2.61. The summed E-state index contributed by atoms with van der Waals surface area (Å²) in [4.78, 5) is 52.7. The number of likely N-dealkylation sites (tertiary alicyclic amines) is 1. The van der Waals surface area contributed by atoms with E-state index in [0.29, 0.717) is 32.6 Å². The van der Waals surface area contributed by atoms with Crippen LogP contribution in [0.4, 0.5) is 17.1 Å². The van der Waals surface area contributed by atoms with Crippen LogP contribution < -0.4 is 29.9 Å². The zero-order chi connectivity index (χ0) is 41.8. The second-order valence-corrected chi connectivity index (χ2v) is 22.6. The molecule has 314 valence electrons. The number of anilines is 3. The van der Waals surface area contributed by atoms with E-state index in [1.54, 1.807) is 7.11 Å². The zero-order valence-corrected chi connectivity index (χ0v) is 36.2. The minimum atomic E-state index is -2.55. The van der Waals surface area contributed by atoms with Crippen LogP contribution in [0.15, 0.2) is 103 Å². The zero-order valence-electron chi connectivity index (χ0n) is 35.2. The third kappa shape index (κ3) is 6.45. The van der Waals surface area contributed by atoms with Gasteiger partial charge in [0.1, 0.15) is 11.3 Å². The van der Waals surface area contributed by atoms with Crippen molar-refractivity contribution < 1.29 is 29.0 Å². The number of aliphatic hydroxyl groups is 1. The van der Waals surface area contributed by atoms with Gasteiger partial charge in [0.15, 0.2) is 5.60 Å². The van der Waals surface area contributed by atoms with Crippen molar-refractivity contribution in [3.05, 3.63) is 114 Å². The Hall–Kier alpha value is -5.01. The van der Waals surface area contributed by atoms with Crippen molar-refractivity contribution in [2.45, 2.75) is 87.5 Å². The van der Waals surface area contributed by atoms with Gasteiger partial charge < -0.3 is 34.6 Å². The quantitative estimate of drug-likeness (QED) is 0.194. The van der Waals surface area contributed by atoms with Crippen LogP contribution in [0.5, 0.6) is 5.75 Å². The number of nitrogens with one attached hydrogen (secondary N) is 1. The minimum absolute atomic E-state index is 0.0539. The summed E-state index contributed by atoms with van der Waals surface area (Å²) in [5, 5.41) is 14.9. The van der Waals surface area contributed by atoms with Gasteiger partial charge in [-0.15, -0.1) is 0 Å². The molecule has 5 aliphatic heterocycles. The summed E-state index contributed by atoms with van der Waals surface area (Å²) in [5.41, 5.74) is 1.97. The maximum atomic E-state index is 15.6. The number of hydrogen-bond acceptors (Lipinski definition) is 8. The first-order valence-electron chi connectivity index (χ1n) is 21.6. The van der Waals surface area contributed by atoms with Gasteiger partial charge in [-0.05, 0) is 92.3 Å². The van der Waals surface area contributed by atoms with Crippen molar-refractivity contribution in [1.82, 2.24) is 10.2 Å². The molecule has 4 aromatic rings. The number of ether oxygens (including phenoxy) is 2. The number of piperidine rings is 1. The number of para-hydroxylation sites is 1. The van der Waals surface area contributed by atoms with E-state index in [2.05, 4.69) is 54.5 Å². The largest absolute Gasteiger partial charge is 0.497 e. The molecule has 0 aromatic heterocycles. The van der Waals surface area contributed by atoms with Gasteiger partial charge in [-0.3, -0.25) is 19.3 Å². The molecular formula is C48H57N5O6Si. The Balaban J connectivity index is 1.17. The summed E-state index contributed by atoms with van der Waals surface area (Å²) in [6.45, 7) is 9.52. The van der Waals surface area contributed by atoms with Gasteiger partial charge in [0.2, 0.25) is 5.91 Å². The number of benzene rings is 4. The minimum Gasteiger partial charge on any atom is -0.497 e. The highest BCUT2D eigenvalue weighted by Gasteiger charge is 2.67. The average molecular weight is 828 g/mol. The van der Waals surface area contributed by atoms with Crippen molar-refractivity contribution >= 4 is 48.0 Å². The van der Waals surface area contributed by atoms with Crippen molar-refractivity contribution in [3.8, 4) is 5.75 Å². The molecule has 4 saturated heterocycles. The van der Waals surface area contributed by atoms with Crippen LogP contribution in [0.3, 0.4) is 0 Å². The van der Waals surface area contributed by atoms with E-state index in [4.69, 9.17) is 9.47 Å². The maximum Gasteiger partial charge on any atom is 0.264 e. The molecule has 60 heavy (non-hydrogen) atoms. The van der Waals surface area contributed by atoms with Crippen molar-refractivity contribution in [2.75, 3.05) is 54.7 Å². The van der Waals surface area contributed by atoms with E-state index in [9.17, 15) is 14.7 Å². The number of nitrogens with zero attached hydrogens (tertiary/aromatic N) is 4. The third-order valence-corrected chi connectivity index (χ3v) is 18.9. The standard InChI is InChI=1S/C48H57N5O6Si/c1-33-44(60(3,4)39-20-18-38(58-2)19-21-39)42(29-43(55)50-27-11-16-37(50)31-54)59-48(33)40-28-36(17-22-41(40)51(46(48)57)30-34-12-7-5-8-13-34)52-32-53(35-14-9-6-10-15-35)47(45(52)56)23-25-49-26-24-47/h5-10,12-15,17-22,28,33,37,42,44,49,54H,11,16,23-27,29-32H2,1-4H3/t33-,37+,42+,44-,48+/m1/s1. The number of rotatable bonds is 10. The molecule has 11 nitrogen and oxygen atoms in total. The summed E-state index contributed by atoms with van der Waals surface area (Å²) in [6.07, 6.45) is 2.51. The number of hydrogen-bond donors (Lipinski definition) is 2. The lowest BCUT2D eigenvalue weighted by molar-refractivity contribution is -0.150. The van der Waals surface area contributed by atoms with E-state index in [0.717, 1.165) is 59.9 Å². The lowest BCUT2D eigenvalue weighted by atomic mass is 9.82. The fourth-order valence-corrected chi connectivity index (χ4v) is 15.4. The van der Waals surface area contributed by atoms with Crippen molar-refractivity contribution in [1.29, 1.82) is 0 Å². The molecule has 3 amide bonds. The predicted octanol–water partition coefficient (Wildman–Crippen LogP) is 5.76. The van der Waals surface area contributed by atoms with Gasteiger partial charge in [-0.1, -0.05) is 85.9 Å². The molecule has 5 atom stereocenters. The van der Waals surface area contributed by atoms with Crippen LogP contribution in [-0.2, 0) is 31.3 Å². The Morgan fingerprint density at radius 3 is 2.30 bits per heavy atom. The number of fused-ring (bicyclic) bond motifs is 2. The molecule has 5 heterocycles. The predicted molar refractivity (Wildman–Crippen MR) is 236 cm³/mol. The van der Waals surface area contributed by atoms with Crippen LogP contribution in [0.25, 0.3) is 0 Å². The summed E-state index contributed by atoms with van der Waals surface area (Å²) >= 11 is 0. The Morgan fingerprint density at radius 2 is 1.62 bits per heavy atom. The molecule has 2 N–H and O–H groups in total. The molecule has 0 bridgehead atoms. The molecule has 12 heteroatoms. The number of aliphatic hydroxyl groups excluding tert-OH is 1. The van der Waals surface area contributed by atoms with E-state index < -0.39 is 25.3 Å². The van der Waals surface area contributed by atoms with Crippen LogP contribution >= 0.6 is 0 Å². The Bertz CT molecular complexity index is 2230. The summed E-state index contributed by atoms with van der Waals surface area (Å²) in [6, 6.07) is 34.2. The number of amides is 3. The highest BCUT2D eigenvalue weighted by atomic mass is 28.3. The normalized spacial score (nSPS) is 26.1. The molecule has 0 saturated carbocycles. The molecular weight excluding hydrogens is 771 g/mol. The van der Waals surface area contributed by atoms with E-state index in [1.165, 1.54) is 5.19 Å². The first-order valence-corrected chi connectivity index (χ1v) is 24.7. The van der Waals surface area contributed by atoms with Crippen molar-refractivity contribution in [3.63, 3.8) is 0 Å². The Kier molecular flexibility index (Phi) is 10.6.